The van der Waals surface area contributed by atoms with Gasteiger partial charge in [-0.25, -0.2) is 13.2 Å². The van der Waals surface area contributed by atoms with Crippen molar-refractivity contribution >= 4 is 17.6 Å². The molecule has 2 rings (SSSR count). The van der Waals surface area contributed by atoms with Crippen molar-refractivity contribution in [2.45, 2.75) is 89.1 Å². The predicted octanol–water partition coefficient (Wildman–Crippen LogP) is 4.20. The summed E-state index contributed by atoms with van der Waals surface area (Å²) in [6, 6.07) is -2.98. The summed E-state index contributed by atoms with van der Waals surface area (Å²) in [7, 11) is 0. The molecule has 0 heterocycles. The van der Waals surface area contributed by atoms with Gasteiger partial charge in [0.1, 0.15) is 11.9 Å². The highest BCUT2D eigenvalue weighted by Crippen LogP contribution is 2.35. The number of Topliss-reactive ketones (excluding diaryl/α,β-unsaturated/α-hetero) is 1. The summed E-state index contributed by atoms with van der Waals surface area (Å²) in [6.07, 6.45) is -5.69. The van der Waals surface area contributed by atoms with Crippen molar-refractivity contribution in [3.05, 3.63) is 35.6 Å². The van der Waals surface area contributed by atoms with E-state index >= 15 is 0 Å². The summed E-state index contributed by atoms with van der Waals surface area (Å²) in [5, 5.41) is 6.56. The second-order valence-corrected chi connectivity index (χ2v) is 9.48. The monoisotopic (exact) mass is 523 g/mol. The quantitative estimate of drug-likeness (QED) is 0.267. The highest BCUT2D eigenvalue weighted by molar-refractivity contribution is 6.38. The van der Waals surface area contributed by atoms with E-state index in [1.165, 1.54) is 20.8 Å². The zero-order valence-electron chi connectivity index (χ0n) is 20.2. The molecule has 2 unspecified atom stereocenters. The topological polar surface area (TPSA) is 87.3 Å². The van der Waals surface area contributed by atoms with Crippen molar-refractivity contribution in [2.75, 3.05) is 0 Å². The SMILES string of the molecule is CCC(NC(=O)C(CC(F)(F)CC(C)C)N[C@@H](c1ccc(F)cc1)C(F)(F)F)C(=O)C(=O)NC1CC1. The van der Waals surface area contributed by atoms with Crippen LogP contribution in [0, 0.1) is 11.7 Å². The average molecular weight is 524 g/mol. The van der Waals surface area contributed by atoms with Crippen LogP contribution in [0.25, 0.3) is 0 Å². The number of hydrogen-bond acceptors (Lipinski definition) is 4. The smallest absolute Gasteiger partial charge is 0.347 e. The van der Waals surface area contributed by atoms with Crippen LogP contribution < -0.4 is 16.0 Å². The van der Waals surface area contributed by atoms with Crippen molar-refractivity contribution in [1.82, 2.24) is 16.0 Å². The fraction of sp³-hybridized carbons (Fsp3) is 0.625. The molecule has 1 aromatic carbocycles. The van der Waals surface area contributed by atoms with Gasteiger partial charge in [-0.15, -0.1) is 0 Å². The highest BCUT2D eigenvalue weighted by Gasteiger charge is 2.45. The van der Waals surface area contributed by atoms with Gasteiger partial charge in [-0.05, 0) is 42.9 Å². The number of halogens is 6. The van der Waals surface area contributed by atoms with E-state index in [4.69, 9.17) is 0 Å². The molecule has 3 atom stereocenters. The minimum atomic E-state index is -5.02. The lowest BCUT2D eigenvalue weighted by atomic mass is 9.96. The van der Waals surface area contributed by atoms with Crippen LogP contribution in [0.5, 0.6) is 0 Å². The number of nitrogens with one attached hydrogen (secondary N) is 3. The van der Waals surface area contributed by atoms with Gasteiger partial charge in [0.05, 0.1) is 12.1 Å². The largest absolute Gasteiger partial charge is 0.407 e. The third-order valence-electron chi connectivity index (χ3n) is 5.60. The summed E-state index contributed by atoms with van der Waals surface area (Å²) >= 11 is 0. The molecule has 0 aliphatic heterocycles. The molecule has 202 valence electrons. The molecule has 12 heteroatoms. The minimum absolute atomic E-state index is 0.0849. The molecule has 1 aliphatic rings. The molecule has 0 saturated heterocycles. The Morgan fingerprint density at radius 3 is 2.03 bits per heavy atom. The maximum absolute atomic E-state index is 14.7. The molecule has 1 saturated carbocycles. The summed E-state index contributed by atoms with van der Waals surface area (Å²) < 4.78 is 84.2. The van der Waals surface area contributed by atoms with Gasteiger partial charge in [0.15, 0.2) is 0 Å². The van der Waals surface area contributed by atoms with E-state index in [0.717, 1.165) is 24.3 Å². The van der Waals surface area contributed by atoms with Gasteiger partial charge < -0.3 is 10.6 Å². The first kappa shape index (κ1) is 29.6. The number of carbonyl (C=O) groups excluding carboxylic acids is 3. The van der Waals surface area contributed by atoms with E-state index < -0.39 is 78.0 Å². The van der Waals surface area contributed by atoms with Crippen LogP contribution in [0.3, 0.4) is 0 Å². The van der Waals surface area contributed by atoms with Crippen LogP contribution in [-0.4, -0.2) is 47.8 Å². The third-order valence-corrected chi connectivity index (χ3v) is 5.60. The van der Waals surface area contributed by atoms with E-state index in [2.05, 4.69) is 10.6 Å². The summed E-state index contributed by atoms with van der Waals surface area (Å²) in [5.41, 5.74) is -0.485. The Hall–Kier alpha value is -2.63. The van der Waals surface area contributed by atoms with Gasteiger partial charge in [-0.2, -0.15) is 13.2 Å². The molecule has 2 amide bonds. The molecule has 6 nitrogen and oxygen atoms in total. The number of rotatable bonds is 13. The van der Waals surface area contributed by atoms with Crippen molar-refractivity contribution in [3.8, 4) is 0 Å². The molecule has 0 bridgehead atoms. The molecule has 1 aliphatic carbocycles. The fourth-order valence-corrected chi connectivity index (χ4v) is 3.71. The van der Waals surface area contributed by atoms with E-state index in [-0.39, 0.29) is 12.5 Å². The Balaban J connectivity index is 2.30. The lowest BCUT2D eigenvalue weighted by Crippen LogP contribution is -2.55. The van der Waals surface area contributed by atoms with Gasteiger partial charge in [0.2, 0.25) is 17.6 Å². The number of alkyl halides is 5. The highest BCUT2D eigenvalue weighted by atomic mass is 19.4. The summed E-state index contributed by atoms with van der Waals surface area (Å²) in [4.78, 5) is 37.5. The third kappa shape index (κ3) is 9.11. The molecule has 0 radical (unpaired) electrons. The zero-order valence-corrected chi connectivity index (χ0v) is 20.2. The van der Waals surface area contributed by atoms with E-state index in [0.29, 0.717) is 12.8 Å². The minimum Gasteiger partial charge on any atom is -0.347 e. The Morgan fingerprint density at radius 1 is 0.972 bits per heavy atom. The van der Waals surface area contributed by atoms with E-state index in [1.807, 2.05) is 5.32 Å². The number of amides is 2. The molecule has 36 heavy (non-hydrogen) atoms. The van der Waals surface area contributed by atoms with Crippen LogP contribution in [-0.2, 0) is 14.4 Å². The molecule has 0 aromatic heterocycles. The van der Waals surface area contributed by atoms with Gasteiger partial charge >= 0.3 is 6.18 Å². The number of carbonyl (C=O) groups is 3. The molecule has 1 fully saturated rings. The van der Waals surface area contributed by atoms with E-state index in [1.54, 1.807) is 0 Å². The Kier molecular flexibility index (Phi) is 9.93. The van der Waals surface area contributed by atoms with Crippen molar-refractivity contribution in [1.29, 1.82) is 0 Å². The van der Waals surface area contributed by atoms with Gasteiger partial charge in [-0.3, -0.25) is 19.7 Å². The van der Waals surface area contributed by atoms with Crippen LogP contribution in [0.4, 0.5) is 26.3 Å². The summed E-state index contributed by atoms with van der Waals surface area (Å²) in [6.45, 7) is 4.45. The van der Waals surface area contributed by atoms with Crippen LogP contribution >= 0.6 is 0 Å². The average Bonchev–Trinajstić information content (AvgIpc) is 3.57. The van der Waals surface area contributed by atoms with Gasteiger partial charge in [0, 0.05) is 18.9 Å². The van der Waals surface area contributed by atoms with Crippen LogP contribution in [0.15, 0.2) is 24.3 Å². The number of benzene rings is 1. The van der Waals surface area contributed by atoms with Crippen molar-refractivity contribution in [3.63, 3.8) is 0 Å². The second-order valence-electron chi connectivity index (χ2n) is 9.48. The fourth-order valence-electron chi connectivity index (χ4n) is 3.71. The van der Waals surface area contributed by atoms with Crippen LogP contribution in [0.1, 0.15) is 64.5 Å². The molecule has 1 aromatic rings. The Bertz CT molecular complexity index is 917. The first-order valence-corrected chi connectivity index (χ1v) is 11.7. The second kappa shape index (κ2) is 12.1. The first-order valence-electron chi connectivity index (χ1n) is 11.7. The Labute approximate surface area is 205 Å². The zero-order chi connectivity index (χ0) is 27.3. The van der Waals surface area contributed by atoms with E-state index in [9.17, 15) is 40.7 Å². The molecular formula is C24H31F6N3O3. The standard InChI is InChI=1S/C24H31F6N3O3/c1-4-17(19(34)22(36)31-16-9-10-16)33-21(35)18(12-23(26,27)11-13(2)3)32-20(24(28,29)30)14-5-7-15(25)8-6-14/h5-8,13,16-18,20,32H,4,9-12H2,1-3H3,(H,31,36)(H,33,35)/t17?,18?,20-/m0/s1. The lowest BCUT2D eigenvalue weighted by Gasteiger charge is -2.31. The first-order chi connectivity index (χ1) is 16.6. The molecule has 3 N–H and O–H groups in total. The number of hydrogen-bond donors (Lipinski definition) is 3. The predicted molar refractivity (Wildman–Crippen MR) is 120 cm³/mol. The maximum Gasteiger partial charge on any atom is 0.407 e. The lowest BCUT2D eigenvalue weighted by molar-refractivity contribution is -0.163. The van der Waals surface area contributed by atoms with Crippen molar-refractivity contribution in [2.24, 2.45) is 5.92 Å². The molecular weight excluding hydrogens is 492 g/mol. The normalized spacial score (nSPS) is 16.8. The van der Waals surface area contributed by atoms with Crippen LogP contribution in [0.2, 0.25) is 0 Å². The van der Waals surface area contributed by atoms with Gasteiger partial charge in [-0.1, -0.05) is 32.9 Å². The summed E-state index contributed by atoms with van der Waals surface area (Å²) in [5.74, 6) is -8.09. The van der Waals surface area contributed by atoms with Gasteiger partial charge in [0.25, 0.3) is 5.91 Å². The maximum atomic E-state index is 14.7. The molecule has 0 spiro atoms. The Morgan fingerprint density at radius 2 is 1.56 bits per heavy atom. The van der Waals surface area contributed by atoms with Crippen molar-refractivity contribution < 1.29 is 40.7 Å². The number of ketones is 1.